The van der Waals surface area contributed by atoms with Crippen molar-refractivity contribution in [3.8, 4) is 0 Å². The Morgan fingerprint density at radius 1 is 1.23 bits per heavy atom. The summed E-state index contributed by atoms with van der Waals surface area (Å²) >= 11 is 0. The van der Waals surface area contributed by atoms with E-state index in [1.807, 2.05) is 19.2 Å². The van der Waals surface area contributed by atoms with Crippen molar-refractivity contribution in [2.45, 2.75) is 62.4 Å². The molecule has 1 aliphatic carbocycles. The molecular weight excluding hydrogens is 494 g/mol. The van der Waals surface area contributed by atoms with Crippen molar-refractivity contribution in [1.29, 1.82) is 0 Å². The van der Waals surface area contributed by atoms with Crippen LogP contribution in [-0.4, -0.2) is 62.8 Å². The average Bonchev–Trinajstić information content (AvgIpc) is 3.44. The molecule has 1 aromatic rings. The molecule has 4 rings (SSSR count). The van der Waals surface area contributed by atoms with Crippen molar-refractivity contribution in [1.82, 2.24) is 15.5 Å². The van der Waals surface area contributed by atoms with Gasteiger partial charge in [-0.2, -0.15) is 0 Å². The molecule has 5 nitrogen and oxygen atoms in total. The molecule has 2 saturated heterocycles. The Morgan fingerprint density at radius 3 is 2.70 bits per heavy atom. The Balaban J connectivity index is 0.00000256. The lowest BCUT2D eigenvalue weighted by atomic mass is 9.74. The third kappa shape index (κ3) is 5.65. The second-order valence-electron chi connectivity index (χ2n) is 8.89. The fourth-order valence-electron chi connectivity index (χ4n) is 5.30. The third-order valence-electron chi connectivity index (χ3n) is 7.11. The second-order valence-corrected chi connectivity index (χ2v) is 8.89. The van der Waals surface area contributed by atoms with Crippen LogP contribution in [0.5, 0.6) is 0 Å². The summed E-state index contributed by atoms with van der Waals surface area (Å²) in [6.07, 6.45) is 8.43. The van der Waals surface area contributed by atoms with Crippen molar-refractivity contribution < 1.29 is 9.13 Å². The van der Waals surface area contributed by atoms with E-state index in [0.29, 0.717) is 19.3 Å². The minimum absolute atomic E-state index is 0. The Bertz CT molecular complexity index is 704. The molecule has 2 aliphatic heterocycles. The molecule has 1 saturated carbocycles. The summed E-state index contributed by atoms with van der Waals surface area (Å²) in [5.74, 6) is 0.680. The summed E-state index contributed by atoms with van der Waals surface area (Å²) in [6.45, 7) is 4.45. The highest BCUT2D eigenvalue weighted by atomic mass is 127. The van der Waals surface area contributed by atoms with E-state index in [9.17, 15) is 4.39 Å². The van der Waals surface area contributed by atoms with E-state index in [-0.39, 0.29) is 35.2 Å². The molecule has 0 spiro atoms. The average molecular weight is 530 g/mol. The molecule has 7 heteroatoms. The maximum Gasteiger partial charge on any atom is 0.191 e. The van der Waals surface area contributed by atoms with Crippen LogP contribution in [0, 0.1) is 5.82 Å². The molecule has 2 heterocycles. The lowest BCUT2D eigenvalue weighted by molar-refractivity contribution is 0.0512. The van der Waals surface area contributed by atoms with E-state index in [2.05, 4.69) is 20.5 Å². The van der Waals surface area contributed by atoms with Gasteiger partial charge in [0, 0.05) is 57.4 Å². The number of hydrogen-bond acceptors (Lipinski definition) is 3. The number of hydrogen-bond donors (Lipinski definition) is 2. The summed E-state index contributed by atoms with van der Waals surface area (Å²) in [6, 6.07) is 8.28. The van der Waals surface area contributed by atoms with Crippen LogP contribution in [0.2, 0.25) is 0 Å². The molecule has 168 valence electrons. The third-order valence-corrected chi connectivity index (χ3v) is 7.11. The van der Waals surface area contributed by atoms with Crippen LogP contribution in [0.25, 0.3) is 0 Å². The zero-order valence-electron chi connectivity index (χ0n) is 18.0. The van der Waals surface area contributed by atoms with Crippen molar-refractivity contribution in [3.05, 3.63) is 35.6 Å². The number of aliphatic imine (C=N–C) groups is 1. The highest BCUT2D eigenvalue weighted by Gasteiger charge is 2.35. The van der Waals surface area contributed by atoms with Gasteiger partial charge in [-0.3, -0.25) is 9.89 Å². The van der Waals surface area contributed by atoms with Crippen molar-refractivity contribution in [2.75, 3.05) is 39.9 Å². The first kappa shape index (κ1) is 23.7. The Kier molecular flexibility index (Phi) is 8.77. The van der Waals surface area contributed by atoms with Gasteiger partial charge in [-0.15, -0.1) is 24.0 Å². The quantitative estimate of drug-likeness (QED) is 0.347. The molecule has 1 aromatic carbocycles. The van der Waals surface area contributed by atoms with Gasteiger partial charge >= 0.3 is 0 Å². The van der Waals surface area contributed by atoms with Gasteiger partial charge in [-0.05, 0) is 49.8 Å². The standard InChI is InChI=1S/C23H35FN4O.HI/c1-25-22(27-20-9-12-28(16-20)21-7-2-3-8-21)26-17-23(10-13-29-14-11-23)18-5-4-6-19(24)15-18;/h4-6,15,20-21H,2-3,7-14,16-17H2,1H3,(H2,25,26,27);1H. The molecule has 0 bridgehead atoms. The SMILES string of the molecule is CN=C(NCC1(c2cccc(F)c2)CCOCC1)NC1CCN(C2CCCC2)C1.I. The molecule has 0 radical (unpaired) electrons. The number of ether oxygens (including phenoxy) is 1. The van der Waals surface area contributed by atoms with E-state index >= 15 is 0 Å². The fourth-order valence-corrected chi connectivity index (χ4v) is 5.30. The summed E-state index contributed by atoms with van der Waals surface area (Å²) in [5, 5.41) is 7.18. The molecular formula is C23H36FIN4O. The molecule has 30 heavy (non-hydrogen) atoms. The largest absolute Gasteiger partial charge is 0.381 e. The summed E-state index contributed by atoms with van der Waals surface area (Å²) < 4.78 is 19.5. The van der Waals surface area contributed by atoms with Gasteiger partial charge < -0.3 is 15.4 Å². The Hall–Kier alpha value is -0.930. The summed E-state index contributed by atoms with van der Waals surface area (Å²) in [7, 11) is 1.83. The van der Waals surface area contributed by atoms with Crippen LogP contribution in [-0.2, 0) is 10.2 Å². The number of nitrogens with one attached hydrogen (secondary N) is 2. The van der Waals surface area contributed by atoms with Crippen LogP contribution in [0.4, 0.5) is 4.39 Å². The number of guanidine groups is 1. The monoisotopic (exact) mass is 530 g/mol. The molecule has 1 atom stereocenters. The summed E-state index contributed by atoms with van der Waals surface area (Å²) in [4.78, 5) is 7.13. The zero-order valence-corrected chi connectivity index (χ0v) is 20.4. The first-order valence-electron chi connectivity index (χ1n) is 11.2. The maximum absolute atomic E-state index is 13.9. The second kappa shape index (κ2) is 11.1. The lowest BCUT2D eigenvalue weighted by Gasteiger charge is -2.38. The number of nitrogens with zero attached hydrogens (tertiary/aromatic N) is 2. The van der Waals surface area contributed by atoms with Gasteiger partial charge in [-0.1, -0.05) is 25.0 Å². The number of halogens is 2. The number of likely N-dealkylation sites (tertiary alicyclic amines) is 1. The van der Waals surface area contributed by atoms with Gasteiger partial charge in [0.1, 0.15) is 5.82 Å². The van der Waals surface area contributed by atoms with Gasteiger partial charge in [-0.25, -0.2) is 4.39 Å². The molecule has 3 aliphatic rings. The Morgan fingerprint density at radius 2 is 2.00 bits per heavy atom. The highest BCUT2D eigenvalue weighted by molar-refractivity contribution is 14.0. The predicted octanol–water partition coefficient (Wildman–Crippen LogP) is 3.67. The smallest absolute Gasteiger partial charge is 0.191 e. The predicted molar refractivity (Wildman–Crippen MR) is 130 cm³/mol. The first-order chi connectivity index (χ1) is 14.2. The molecule has 1 unspecified atom stereocenters. The van der Waals surface area contributed by atoms with Gasteiger partial charge in [0.05, 0.1) is 0 Å². The zero-order chi connectivity index (χ0) is 20.1. The van der Waals surface area contributed by atoms with Gasteiger partial charge in [0.25, 0.3) is 0 Å². The van der Waals surface area contributed by atoms with E-state index in [4.69, 9.17) is 4.74 Å². The van der Waals surface area contributed by atoms with Crippen LogP contribution in [0.3, 0.4) is 0 Å². The molecule has 0 amide bonds. The number of benzene rings is 1. The van der Waals surface area contributed by atoms with E-state index in [1.54, 1.807) is 6.07 Å². The van der Waals surface area contributed by atoms with Crippen molar-refractivity contribution in [2.24, 2.45) is 4.99 Å². The van der Waals surface area contributed by atoms with Crippen molar-refractivity contribution >= 4 is 29.9 Å². The topological polar surface area (TPSA) is 48.9 Å². The maximum atomic E-state index is 13.9. The first-order valence-corrected chi connectivity index (χ1v) is 11.2. The van der Waals surface area contributed by atoms with E-state index < -0.39 is 0 Å². The van der Waals surface area contributed by atoms with Crippen molar-refractivity contribution in [3.63, 3.8) is 0 Å². The van der Waals surface area contributed by atoms with Crippen LogP contribution in [0.1, 0.15) is 50.5 Å². The van der Waals surface area contributed by atoms with Crippen LogP contribution < -0.4 is 10.6 Å². The minimum atomic E-state index is -0.172. The van der Waals surface area contributed by atoms with Gasteiger partial charge in [0.2, 0.25) is 0 Å². The van der Waals surface area contributed by atoms with Crippen LogP contribution in [0.15, 0.2) is 29.3 Å². The number of rotatable bonds is 5. The fraction of sp³-hybridized carbons (Fsp3) is 0.696. The molecule has 2 N–H and O–H groups in total. The van der Waals surface area contributed by atoms with E-state index in [1.165, 1.54) is 44.7 Å². The minimum Gasteiger partial charge on any atom is -0.381 e. The highest BCUT2D eigenvalue weighted by Crippen LogP contribution is 2.34. The summed E-state index contributed by atoms with van der Waals surface area (Å²) in [5.41, 5.74) is 0.931. The Labute approximate surface area is 197 Å². The molecule has 0 aromatic heterocycles. The van der Waals surface area contributed by atoms with E-state index in [0.717, 1.165) is 43.5 Å². The lowest BCUT2D eigenvalue weighted by Crippen LogP contribution is -2.50. The normalized spacial score (nSPS) is 25.1. The van der Waals surface area contributed by atoms with Gasteiger partial charge in [0.15, 0.2) is 5.96 Å². The molecule has 3 fully saturated rings. The van der Waals surface area contributed by atoms with Crippen LogP contribution >= 0.6 is 24.0 Å².